The van der Waals surface area contributed by atoms with Crippen molar-refractivity contribution in [2.45, 2.75) is 0 Å². The fraction of sp³-hybridized carbons (Fsp3) is 0. The van der Waals surface area contributed by atoms with Gasteiger partial charge in [-0.25, -0.2) is 9.97 Å². The summed E-state index contributed by atoms with van der Waals surface area (Å²) in [4.78, 5) is 19.2. The minimum Gasteiger partial charge on any atom is -0.299 e. The van der Waals surface area contributed by atoms with E-state index in [1.54, 1.807) is 18.5 Å². The van der Waals surface area contributed by atoms with E-state index in [9.17, 15) is 0 Å². The van der Waals surface area contributed by atoms with Gasteiger partial charge in [0.25, 0.3) is 0 Å². The van der Waals surface area contributed by atoms with Crippen molar-refractivity contribution in [1.29, 1.82) is 5.41 Å². The van der Waals surface area contributed by atoms with E-state index in [4.69, 9.17) is 20.5 Å². The summed E-state index contributed by atoms with van der Waals surface area (Å²) in [5.41, 5.74) is 16.8. The molecule has 9 rings (SSSR count). The molecule has 7 nitrogen and oxygen atoms in total. The SMILES string of the molecule is N=C1C=Cc2c(-c3ccccc3)nc3ccc(-c4ccc(-c5cc(-c6ccccn6)nc(-c6ccccn6)c5)cc4)cc3c2/C1=N/Nc1ccccc1. The zero-order valence-corrected chi connectivity index (χ0v) is 28.5. The first-order valence-corrected chi connectivity index (χ1v) is 17.3. The number of nitrogens with one attached hydrogen (secondary N) is 2. The number of allylic oxidation sites excluding steroid dienone is 1. The normalized spacial score (nSPS) is 12.9. The molecule has 7 heteroatoms. The van der Waals surface area contributed by atoms with Crippen LogP contribution in [0, 0.1) is 5.41 Å². The number of hydrogen-bond donors (Lipinski definition) is 2. The first kappa shape index (κ1) is 31.6. The molecule has 0 amide bonds. The minimum absolute atomic E-state index is 0.328. The maximum absolute atomic E-state index is 8.97. The Kier molecular flexibility index (Phi) is 8.19. The van der Waals surface area contributed by atoms with E-state index < -0.39 is 0 Å². The predicted octanol–water partition coefficient (Wildman–Crippen LogP) is 10.6. The van der Waals surface area contributed by atoms with Gasteiger partial charge >= 0.3 is 0 Å². The van der Waals surface area contributed by atoms with Crippen LogP contribution in [0.3, 0.4) is 0 Å². The number of pyridine rings is 4. The second-order valence-electron chi connectivity index (χ2n) is 12.7. The highest BCUT2D eigenvalue weighted by molar-refractivity contribution is 6.55. The fourth-order valence-electron chi connectivity index (χ4n) is 6.66. The Morgan fingerprint density at radius 1 is 0.491 bits per heavy atom. The van der Waals surface area contributed by atoms with Gasteiger partial charge in [0.2, 0.25) is 0 Å². The third-order valence-corrected chi connectivity index (χ3v) is 9.28. The number of para-hydroxylation sites is 1. The van der Waals surface area contributed by atoms with Crippen LogP contribution in [0.4, 0.5) is 5.69 Å². The molecule has 4 aromatic heterocycles. The van der Waals surface area contributed by atoms with Crippen LogP contribution in [0.1, 0.15) is 11.1 Å². The molecular formula is C46H31N7. The van der Waals surface area contributed by atoms with E-state index >= 15 is 0 Å². The smallest absolute Gasteiger partial charge is 0.117 e. The number of nitrogens with zero attached hydrogens (tertiary/aromatic N) is 5. The van der Waals surface area contributed by atoms with Crippen molar-refractivity contribution in [1.82, 2.24) is 19.9 Å². The number of aromatic nitrogens is 4. The first-order chi connectivity index (χ1) is 26.2. The van der Waals surface area contributed by atoms with Gasteiger partial charge in [0.15, 0.2) is 0 Å². The molecule has 1 aliphatic carbocycles. The molecule has 4 aromatic carbocycles. The zero-order valence-electron chi connectivity index (χ0n) is 28.5. The number of hydrogen-bond acceptors (Lipinski definition) is 7. The van der Waals surface area contributed by atoms with Gasteiger partial charge in [-0.3, -0.25) is 20.8 Å². The molecule has 8 aromatic rings. The molecule has 0 aliphatic heterocycles. The zero-order chi connectivity index (χ0) is 35.6. The van der Waals surface area contributed by atoms with Crippen molar-refractivity contribution in [2.24, 2.45) is 5.10 Å². The second kappa shape index (κ2) is 13.7. The van der Waals surface area contributed by atoms with Crippen molar-refractivity contribution in [3.8, 4) is 56.3 Å². The summed E-state index contributed by atoms with van der Waals surface area (Å²) in [6, 6.07) is 50.7. The summed E-state index contributed by atoms with van der Waals surface area (Å²) >= 11 is 0. The molecule has 4 heterocycles. The van der Waals surface area contributed by atoms with Crippen LogP contribution in [0.25, 0.3) is 73.3 Å². The molecular weight excluding hydrogens is 651 g/mol. The Hall–Kier alpha value is -7.38. The first-order valence-electron chi connectivity index (χ1n) is 17.3. The number of fused-ring (bicyclic) bond motifs is 3. The van der Waals surface area contributed by atoms with E-state index in [2.05, 4.69) is 82.1 Å². The molecule has 0 bridgehead atoms. The van der Waals surface area contributed by atoms with Gasteiger partial charge in [0, 0.05) is 34.5 Å². The molecule has 0 unspecified atom stereocenters. The molecule has 0 atom stereocenters. The Morgan fingerprint density at radius 3 is 1.74 bits per heavy atom. The van der Waals surface area contributed by atoms with Gasteiger partial charge in [-0.05, 0) is 95.1 Å². The summed E-state index contributed by atoms with van der Waals surface area (Å²) in [7, 11) is 0. The average Bonchev–Trinajstić information content (AvgIpc) is 3.24. The van der Waals surface area contributed by atoms with Crippen LogP contribution < -0.4 is 5.43 Å². The number of benzene rings is 4. The average molecular weight is 682 g/mol. The minimum atomic E-state index is 0.328. The predicted molar refractivity (Wildman–Crippen MR) is 216 cm³/mol. The van der Waals surface area contributed by atoms with E-state index in [-0.39, 0.29) is 0 Å². The van der Waals surface area contributed by atoms with Gasteiger partial charge in [-0.2, -0.15) is 5.10 Å². The van der Waals surface area contributed by atoms with Crippen molar-refractivity contribution < 1.29 is 0 Å². The van der Waals surface area contributed by atoms with Crippen LogP contribution in [0.2, 0.25) is 0 Å². The third-order valence-electron chi connectivity index (χ3n) is 9.28. The Morgan fingerprint density at radius 2 is 1.09 bits per heavy atom. The summed E-state index contributed by atoms with van der Waals surface area (Å²) < 4.78 is 0. The standard InChI is InChI=1S/C46H31N7/c47-38-23-22-36-44(46(38)53-52-35-13-5-2-6-14-35)37-27-33(21-24-39(37)51-45(36)32-11-3-1-4-12-32)30-17-19-31(20-18-30)34-28-42(40-15-7-9-25-48-40)50-43(29-34)41-16-8-10-26-49-41/h1-29,47,52H/b47-38?,53-46+. The molecule has 1 aliphatic rings. The second-order valence-corrected chi connectivity index (χ2v) is 12.7. The van der Waals surface area contributed by atoms with Gasteiger partial charge in [-0.1, -0.05) is 91.0 Å². The lowest BCUT2D eigenvalue weighted by molar-refractivity contribution is 1.22. The molecule has 2 N–H and O–H groups in total. The number of anilines is 1. The van der Waals surface area contributed by atoms with Crippen LogP contribution in [-0.2, 0) is 0 Å². The Labute approximate surface area is 306 Å². The highest BCUT2D eigenvalue weighted by Gasteiger charge is 2.25. The fourth-order valence-corrected chi connectivity index (χ4v) is 6.66. The summed E-state index contributed by atoms with van der Waals surface area (Å²) in [5, 5.41) is 14.7. The number of rotatable bonds is 7. The lowest BCUT2D eigenvalue weighted by atomic mass is 9.87. The highest BCUT2D eigenvalue weighted by atomic mass is 15.3. The molecule has 0 radical (unpaired) electrons. The van der Waals surface area contributed by atoms with Crippen molar-refractivity contribution in [3.05, 3.63) is 181 Å². The van der Waals surface area contributed by atoms with E-state index in [1.165, 1.54) is 0 Å². The maximum atomic E-state index is 8.97. The quantitative estimate of drug-likeness (QED) is 0.163. The molecule has 53 heavy (non-hydrogen) atoms. The summed E-state index contributed by atoms with van der Waals surface area (Å²) in [5.74, 6) is 0. The number of hydrazone groups is 1. The summed E-state index contributed by atoms with van der Waals surface area (Å²) in [6.07, 6.45) is 7.35. The van der Waals surface area contributed by atoms with Crippen LogP contribution >= 0.6 is 0 Å². The van der Waals surface area contributed by atoms with Crippen LogP contribution in [-0.4, -0.2) is 31.4 Å². The van der Waals surface area contributed by atoms with Crippen molar-refractivity contribution in [2.75, 3.05) is 5.43 Å². The van der Waals surface area contributed by atoms with Crippen molar-refractivity contribution >= 4 is 34.1 Å². The largest absolute Gasteiger partial charge is 0.299 e. The van der Waals surface area contributed by atoms with Gasteiger partial charge in [0.1, 0.15) is 5.71 Å². The maximum Gasteiger partial charge on any atom is 0.117 e. The van der Waals surface area contributed by atoms with Gasteiger partial charge < -0.3 is 0 Å². The molecule has 0 spiro atoms. The lowest BCUT2D eigenvalue weighted by Gasteiger charge is -2.20. The topological polar surface area (TPSA) is 99.8 Å². The van der Waals surface area contributed by atoms with Crippen LogP contribution in [0.5, 0.6) is 0 Å². The van der Waals surface area contributed by atoms with Gasteiger partial charge in [0.05, 0.1) is 45.4 Å². The highest BCUT2D eigenvalue weighted by Crippen LogP contribution is 2.37. The van der Waals surface area contributed by atoms with Gasteiger partial charge in [-0.15, -0.1) is 0 Å². The van der Waals surface area contributed by atoms with Crippen molar-refractivity contribution in [3.63, 3.8) is 0 Å². The molecule has 0 fully saturated rings. The molecule has 0 saturated heterocycles. The molecule has 250 valence electrons. The summed E-state index contributed by atoms with van der Waals surface area (Å²) in [6.45, 7) is 0. The Bertz CT molecular complexity index is 2620. The lowest BCUT2D eigenvalue weighted by Crippen LogP contribution is -2.20. The monoisotopic (exact) mass is 681 g/mol. The van der Waals surface area contributed by atoms with E-state index in [0.29, 0.717) is 11.4 Å². The van der Waals surface area contributed by atoms with E-state index in [1.807, 2.05) is 91.0 Å². The Balaban J connectivity index is 1.15. The molecule has 0 saturated carbocycles. The third kappa shape index (κ3) is 6.28. The van der Waals surface area contributed by atoms with E-state index in [0.717, 1.165) is 84.0 Å². The van der Waals surface area contributed by atoms with Crippen LogP contribution in [0.15, 0.2) is 175 Å².